The predicted molar refractivity (Wildman–Crippen MR) is 77.0 cm³/mol. The molecule has 0 heterocycles. The van der Waals surface area contributed by atoms with Gasteiger partial charge in [-0.15, -0.1) is 0 Å². The summed E-state index contributed by atoms with van der Waals surface area (Å²) < 4.78 is 31.1. The molecule has 0 aliphatic heterocycles. The van der Waals surface area contributed by atoms with Gasteiger partial charge in [0.05, 0.1) is 16.7 Å². The average Bonchev–Trinajstić information content (AvgIpc) is 2.38. The molecule has 1 atom stereocenters. The van der Waals surface area contributed by atoms with Crippen LogP contribution in [-0.2, 0) is 14.8 Å². The Morgan fingerprint density at radius 3 is 2.65 bits per heavy atom. The predicted octanol–water partition coefficient (Wildman–Crippen LogP) is 2.11. The lowest BCUT2D eigenvalue weighted by Crippen LogP contribution is -2.32. The highest BCUT2D eigenvalue weighted by Gasteiger charge is 2.25. The molecule has 0 amide bonds. The van der Waals surface area contributed by atoms with E-state index in [1.165, 1.54) is 29.6 Å². The molecule has 1 rings (SSSR count). The molecular formula is C13H17ClN2O3S. The van der Waals surface area contributed by atoms with Gasteiger partial charge in [0.25, 0.3) is 0 Å². The van der Waals surface area contributed by atoms with E-state index >= 15 is 0 Å². The lowest BCUT2D eigenvalue weighted by molar-refractivity contribution is 0.151. The van der Waals surface area contributed by atoms with E-state index in [0.717, 1.165) is 0 Å². The minimum absolute atomic E-state index is 0.00489. The van der Waals surface area contributed by atoms with Gasteiger partial charge in [0, 0.05) is 27.3 Å². The third-order valence-electron chi connectivity index (χ3n) is 2.77. The van der Waals surface area contributed by atoms with Gasteiger partial charge in [-0.05, 0) is 24.1 Å². The maximum atomic E-state index is 12.4. The first-order valence-corrected chi connectivity index (χ1v) is 7.79. The maximum Gasteiger partial charge on any atom is 0.244 e. The largest absolute Gasteiger partial charge is 0.384 e. The van der Waals surface area contributed by atoms with E-state index in [-0.39, 0.29) is 15.8 Å². The van der Waals surface area contributed by atoms with Crippen LogP contribution in [0.15, 0.2) is 23.1 Å². The molecule has 0 N–H and O–H groups in total. The van der Waals surface area contributed by atoms with Gasteiger partial charge in [-0.2, -0.15) is 5.26 Å². The standard InChI is InChI=1S/C13H17ClN2O3S/c1-10(9-19-3)8-16(2)20(17,18)13-5-4-11(7-15)6-12(13)14/h4-6,10H,8-9H2,1-3H3/t10-/m1/s1. The summed E-state index contributed by atoms with van der Waals surface area (Å²) in [4.78, 5) is 0.00489. The second-order valence-corrected chi connectivity index (χ2v) is 7.02. The fraction of sp³-hybridized carbons (Fsp3) is 0.462. The number of sulfonamides is 1. The van der Waals surface area contributed by atoms with Crippen LogP contribution in [0.1, 0.15) is 12.5 Å². The van der Waals surface area contributed by atoms with Crippen molar-refractivity contribution in [3.63, 3.8) is 0 Å². The van der Waals surface area contributed by atoms with Gasteiger partial charge < -0.3 is 4.74 Å². The summed E-state index contributed by atoms with van der Waals surface area (Å²) in [6.07, 6.45) is 0. The molecule has 0 unspecified atom stereocenters. The van der Waals surface area contributed by atoms with E-state index in [2.05, 4.69) is 0 Å². The monoisotopic (exact) mass is 316 g/mol. The summed E-state index contributed by atoms with van der Waals surface area (Å²) in [7, 11) is -0.604. The second-order valence-electron chi connectivity index (χ2n) is 4.60. The zero-order valence-corrected chi connectivity index (χ0v) is 13.2. The van der Waals surface area contributed by atoms with E-state index in [1.807, 2.05) is 13.0 Å². The molecule has 0 aliphatic carbocycles. The van der Waals surface area contributed by atoms with Crippen LogP contribution in [0.5, 0.6) is 0 Å². The normalized spacial score (nSPS) is 13.2. The van der Waals surface area contributed by atoms with Gasteiger partial charge in [0.2, 0.25) is 10.0 Å². The number of ether oxygens (including phenoxy) is 1. The van der Waals surface area contributed by atoms with Gasteiger partial charge in [-0.3, -0.25) is 0 Å². The SMILES string of the molecule is COC[C@H](C)CN(C)S(=O)(=O)c1ccc(C#N)cc1Cl. The molecule has 110 valence electrons. The van der Waals surface area contributed by atoms with Crippen molar-refractivity contribution in [2.45, 2.75) is 11.8 Å². The molecule has 0 fully saturated rings. The average molecular weight is 317 g/mol. The van der Waals surface area contributed by atoms with Crippen LogP contribution in [0.4, 0.5) is 0 Å². The first kappa shape index (κ1) is 16.9. The summed E-state index contributed by atoms with van der Waals surface area (Å²) in [6.45, 7) is 2.70. The smallest absolute Gasteiger partial charge is 0.244 e. The van der Waals surface area contributed by atoms with Crippen LogP contribution in [0, 0.1) is 17.2 Å². The summed E-state index contributed by atoms with van der Waals surface area (Å²) in [5, 5.41) is 8.81. The zero-order chi connectivity index (χ0) is 15.3. The fourth-order valence-electron chi connectivity index (χ4n) is 1.82. The van der Waals surface area contributed by atoms with E-state index < -0.39 is 10.0 Å². The number of methoxy groups -OCH3 is 1. The molecule has 0 radical (unpaired) electrons. The van der Waals surface area contributed by atoms with E-state index in [1.54, 1.807) is 7.11 Å². The first-order valence-electron chi connectivity index (χ1n) is 5.97. The van der Waals surface area contributed by atoms with Gasteiger partial charge in [-0.1, -0.05) is 18.5 Å². The van der Waals surface area contributed by atoms with Crippen LogP contribution >= 0.6 is 11.6 Å². The molecule has 7 heteroatoms. The van der Waals surface area contributed by atoms with Gasteiger partial charge >= 0.3 is 0 Å². The van der Waals surface area contributed by atoms with Crippen molar-refractivity contribution in [3.8, 4) is 6.07 Å². The molecule has 0 spiro atoms. The van der Waals surface area contributed by atoms with Crippen LogP contribution in [0.2, 0.25) is 5.02 Å². The van der Waals surface area contributed by atoms with Gasteiger partial charge in [0.1, 0.15) is 4.90 Å². The van der Waals surface area contributed by atoms with Crippen LogP contribution in [0.25, 0.3) is 0 Å². The number of nitrogens with zero attached hydrogens (tertiary/aromatic N) is 2. The minimum Gasteiger partial charge on any atom is -0.384 e. The van der Waals surface area contributed by atoms with Crippen molar-refractivity contribution in [2.75, 3.05) is 27.3 Å². The maximum absolute atomic E-state index is 12.4. The highest BCUT2D eigenvalue weighted by molar-refractivity contribution is 7.89. The molecule has 0 saturated carbocycles. The Labute approximate surface area is 124 Å². The molecule has 0 aliphatic rings. The Kier molecular flexibility index (Phi) is 5.96. The molecular weight excluding hydrogens is 300 g/mol. The Morgan fingerprint density at radius 1 is 1.50 bits per heavy atom. The van der Waals surface area contributed by atoms with E-state index in [0.29, 0.717) is 18.7 Å². The van der Waals surface area contributed by atoms with Crippen molar-refractivity contribution >= 4 is 21.6 Å². The second kappa shape index (κ2) is 7.04. The molecule has 1 aromatic carbocycles. The number of rotatable bonds is 6. The van der Waals surface area contributed by atoms with E-state index in [9.17, 15) is 8.42 Å². The quantitative estimate of drug-likeness (QED) is 0.806. The topological polar surface area (TPSA) is 70.4 Å². The minimum atomic E-state index is -3.67. The molecule has 1 aromatic rings. The van der Waals surface area contributed by atoms with Crippen molar-refractivity contribution in [2.24, 2.45) is 5.92 Å². The highest BCUT2D eigenvalue weighted by Crippen LogP contribution is 2.25. The number of hydrogen-bond acceptors (Lipinski definition) is 4. The first-order chi connectivity index (χ1) is 9.32. The van der Waals surface area contributed by atoms with Crippen molar-refractivity contribution < 1.29 is 13.2 Å². The van der Waals surface area contributed by atoms with Crippen LogP contribution in [0.3, 0.4) is 0 Å². The third-order valence-corrected chi connectivity index (χ3v) is 5.08. The fourth-order valence-corrected chi connectivity index (χ4v) is 3.63. The van der Waals surface area contributed by atoms with Crippen molar-refractivity contribution in [1.82, 2.24) is 4.31 Å². The number of hydrogen-bond donors (Lipinski definition) is 0. The van der Waals surface area contributed by atoms with Crippen molar-refractivity contribution in [3.05, 3.63) is 28.8 Å². The zero-order valence-electron chi connectivity index (χ0n) is 11.6. The Morgan fingerprint density at radius 2 is 2.15 bits per heavy atom. The number of halogens is 1. The summed E-state index contributed by atoms with van der Waals surface area (Å²) >= 11 is 5.95. The van der Waals surface area contributed by atoms with E-state index in [4.69, 9.17) is 21.6 Å². The Hall–Kier alpha value is -1.13. The summed E-state index contributed by atoms with van der Waals surface area (Å²) in [5.41, 5.74) is 0.323. The third kappa shape index (κ3) is 3.93. The molecule has 20 heavy (non-hydrogen) atoms. The molecule has 0 saturated heterocycles. The highest BCUT2D eigenvalue weighted by atomic mass is 35.5. The number of nitriles is 1. The Balaban J connectivity index is 3.02. The lowest BCUT2D eigenvalue weighted by atomic mass is 10.2. The summed E-state index contributed by atoms with van der Waals surface area (Å²) in [6, 6.07) is 6.05. The number of benzene rings is 1. The van der Waals surface area contributed by atoms with Gasteiger partial charge in [0.15, 0.2) is 0 Å². The summed E-state index contributed by atoms with van der Waals surface area (Å²) in [5.74, 6) is 0.0666. The van der Waals surface area contributed by atoms with Crippen LogP contribution in [-0.4, -0.2) is 40.0 Å². The van der Waals surface area contributed by atoms with Gasteiger partial charge in [-0.25, -0.2) is 12.7 Å². The lowest BCUT2D eigenvalue weighted by Gasteiger charge is -2.21. The van der Waals surface area contributed by atoms with Crippen LogP contribution < -0.4 is 0 Å². The molecule has 0 aromatic heterocycles. The molecule has 0 bridgehead atoms. The Bertz CT molecular complexity index is 611. The van der Waals surface area contributed by atoms with Crippen molar-refractivity contribution in [1.29, 1.82) is 5.26 Å². The molecule has 5 nitrogen and oxygen atoms in total.